The van der Waals surface area contributed by atoms with Gasteiger partial charge in [0, 0.05) is 6.61 Å². The predicted molar refractivity (Wildman–Crippen MR) is 104 cm³/mol. The number of unbranched alkanes of at least 4 members (excludes halogenated alkanes) is 9. The molecule has 1 aliphatic rings. The second kappa shape index (κ2) is 15.6. The van der Waals surface area contributed by atoms with Crippen LogP contribution < -0.4 is 0 Å². The minimum Gasteiger partial charge on any atom is -0.394 e. The molecule has 0 saturated carbocycles. The van der Waals surface area contributed by atoms with Gasteiger partial charge in [-0.05, 0) is 32.1 Å². The van der Waals surface area contributed by atoms with E-state index in [4.69, 9.17) is 14.6 Å². The second-order valence-electron chi connectivity index (χ2n) is 7.32. The van der Waals surface area contributed by atoms with Gasteiger partial charge >= 0.3 is 0 Å². The molecule has 1 aliphatic heterocycles. The summed E-state index contributed by atoms with van der Waals surface area (Å²) in [5.74, 6) is 0. The molecule has 5 nitrogen and oxygen atoms in total. The van der Waals surface area contributed by atoms with Crippen molar-refractivity contribution in [3.8, 4) is 0 Å². The molecule has 3 N–H and O–H groups in total. The van der Waals surface area contributed by atoms with Crippen LogP contribution in [0.5, 0.6) is 0 Å². The van der Waals surface area contributed by atoms with E-state index in [9.17, 15) is 10.2 Å². The highest BCUT2D eigenvalue weighted by atomic mass is 16.6. The van der Waals surface area contributed by atoms with Crippen molar-refractivity contribution in [1.82, 2.24) is 0 Å². The molecular formula is C21H40O5. The molecule has 0 radical (unpaired) electrons. The second-order valence-corrected chi connectivity index (χ2v) is 7.32. The molecule has 0 bridgehead atoms. The molecule has 4 atom stereocenters. The van der Waals surface area contributed by atoms with Crippen LogP contribution in [-0.2, 0) is 9.47 Å². The molecule has 1 heterocycles. The molecule has 26 heavy (non-hydrogen) atoms. The number of aliphatic hydroxyl groups is 3. The third-order valence-electron chi connectivity index (χ3n) is 4.97. The van der Waals surface area contributed by atoms with Crippen LogP contribution >= 0.6 is 0 Å². The maximum Gasteiger partial charge on any atom is 0.114 e. The quantitative estimate of drug-likeness (QED) is 0.286. The van der Waals surface area contributed by atoms with Crippen molar-refractivity contribution in [2.45, 2.75) is 102 Å². The first-order chi connectivity index (χ1) is 12.7. The van der Waals surface area contributed by atoms with Gasteiger partial charge < -0.3 is 24.8 Å². The molecule has 0 spiro atoms. The standard InChI is InChI=1S/C21H40O5/c1-2-3-4-5-6-7-8-9-10-11-12-13-14-15-25-19-17-26-21(20(19)24)18(23)16-22/h8-9,18-24H,2-7,10-17H2,1H3/b9-8+/t18-,19+,20-,21-/m0/s1. The first kappa shape index (κ1) is 23.6. The average molecular weight is 373 g/mol. The monoisotopic (exact) mass is 372 g/mol. The van der Waals surface area contributed by atoms with Crippen LogP contribution in [0.25, 0.3) is 0 Å². The van der Waals surface area contributed by atoms with Gasteiger partial charge in [-0.3, -0.25) is 0 Å². The Morgan fingerprint density at radius 3 is 2.23 bits per heavy atom. The topological polar surface area (TPSA) is 79.2 Å². The van der Waals surface area contributed by atoms with Crippen LogP contribution in [0.15, 0.2) is 12.2 Å². The molecule has 5 heteroatoms. The molecule has 0 aromatic heterocycles. The smallest absolute Gasteiger partial charge is 0.114 e. The van der Waals surface area contributed by atoms with E-state index in [1.807, 2.05) is 0 Å². The summed E-state index contributed by atoms with van der Waals surface area (Å²) in [5, 5.41) is 28.5. The highest BCUT2D eigenvalue weighted by Gasteiger charge is 2.40. The molecule has 1 saturated heterocycles. The molecule has 0 aliphatic carbocycles. The number of ether oxygens (including phenoxy) is 2. The summed E-state index contributed by atoms with van der Waals surface area (Å²) in [6.07, 6.45) is 15.2. The van der Waals surface area contributed by atoms with Crippen molar-refractivity contribution in [1.29, 1.82) is 0 Å². The van der Waals surface area contributed by atoms with E-state index >= 15 is 0 Å². The SMILES string of the molecule is CCCCCCC/C=C/CCCCCCO[C@@H]1CO[C@@H]([C@@H](O)CO)[C@H]1O. The van der Waals surface area contributed by atoms with Crippen LogP contribution in [0.3, 0.4) is 0 Å². The van der Waals surface area contributed by atoms with E-state index in [0.717, 1.165) is 19.3 Å². The van der Waals surface area contributed by atoms with Gasteiger partial charge in [-0.15, -0.1) is 0 Å². The van der Waals surface area contributed by atoms with Gasteiger partial charge in [0.15, 0.2) is 0 Å². The van der Waals surface area contributed by atoms with Crippen molar-refractivity contribution in [3.63, 3.8) is 0 Å². The predicted octanol–water partition coefficient (Wildman–Crippen LogP) is 3.35. The summed E-state index contributed by atoms with van der Waals surface area (Å²) in [7, 11) is 0. The van der Waals surface area contributed by atoms with E-state index in [1.54, 1.807) is 0 Å². The lowest BCUT2D eigenvalue weighted by atomic mass is 10.1. The fourth-order valence-corrected chi connectivity index (χ4v) is 3.26. The maximum atomic E-state index is 10.0. The molecule has 1 fully saturated rings. The Morgan fingerprint density at radius 2 is 1.62 bits per heavy atom. The van der Waals surface area contributed by atoms with E-state index in [0.29, 0.717) is 6.61 Å². The normalized spacial score (nSPS) is 24.5. The Labute approximate surface area is 159 Å². The summed E-state index contributed by atoms with van der Waals surface area (Å²) in [4.78, 5) is 0. The highest BCUT2D eigenvalue weighted by Crippen LogP contribution is 2.20. The number of rotatable bonds is 16. The van der Waals surface area contributed by atoms with Crippen LogP contribution in [0.1, 0.15) is 77.6 Å². The van der Waals surface area contributed by atoms with Crippen LogP contribution in [0, 0.1) is 0 Å². The van der Waals surface area contributed by atoms with E-state index in [-0.39, 0.29) is 6.61 Å². The molecule has 0 aromatic carbocycles. The summed E-state index contributed by atoms with van der Waals surface area (Å²) in [6.45, 7) is 2.70. The number of allylic oxidation sites excluding steroid dienone is 2. The van der Waals surface area contributed by atoms with Gasteiger partial charge in [-0.25, -0.2) is 0 Å². The van der Waals surface area contributed by atoms with Crippen LogP contribution in [-0.4, -0.2) is 59.6 Å². The molecule has 0 aromatic rings. The summed E-state index contributed by atoms with van der Waals surface area (Å²) >= 11 is 0. The Bertz CT molecular complexity index is 347. The molecule has 0 amide bonds. The molecule has 0 unspecified atom stereocenters. The van der Waals surface area contributed by atoms with Crippen LogP contribution in [0.4, 0.5) is 0 Å². The minimum atomic E-state index is -1.05. The lowest BCUT2D eigenvalue weighted by molar-refractivity contribution is -0.0730. The largest absolute Gasteiger partial charge is 0.394 e. The lowest BCUT2D eigenvalue weighted by Crippen LogP contribution is -2.41. The summed E-state index contributed by atoms with van der Waals surface area (Å²) in [6, 6.07) is 0. The minimum absolute atomic E-state index is 0.270. The Balaban J connectivity index is 1.89. The third kappa shape index (κ3) is 10.0. The first-order valence-corrected chi connectivity index (χ1v) is 10.6. The molecular weight excluding hydrogens is 332 g/mol. The lowest BCUT2D eigenvalue weighted by Gasteiger charge is -2.20. The first-order valence-electron chi connectivity index (χ1n) is 10.6. The highest BCUT2D eigenvalue weighted by molar-refractivity contribution is 4.88. The number of aliphatic hydroxyl groups excluding tert-OH is 3. The Morgan fingerprint density at radius 1 is 1.00 bits per heavy atom. The van der Waals surface area contributed by atoms with Gasteiger partial charge in [0.2, 0.25) is 0 Å². The fourth-order valence-electron chi connectivity index (χ4n) is 3.26. The van der Waals surface area contributed by atoms with E-state index in [1.165, 1.54) is 51.4 Å². The summed E-state index contributed by atoms with van der Waals surface area (Å²) < 4.78 is 11.0. The fraction of sp³-hybridized carbons (Fsp3) is 0.905. The number of hydrogen-bond acceptors (Lipinski definition) is 5. The zero-order valence-corrected chi connectivity index (χ0v) is 16.5. The van der Waals surface area contributed by atoms with Crippen molar-refractivity contribution in [3.05, 3.63) is 12.2 Å². The van der Waals surface area contributed by atoms with Gasteiger partial charge in [0.1, 0.15) is 24.4 Å². The average Bonchev–Trinajstić information content (AvgIpc) is 3.02. The van der Waals surface area contributed by atoms with Crippen molar-refractivity contribution in [2.75, 3.05) is 19.8 Å². The summed E-state index contributed by atoms with van der Waals surface area (Å²) in [5.41, 5.74) is 0. The van der Waals surface area contributed by atoms with Gasteiger partial charge in [0.05, 0.1) is 13.2 Å². The zero-order chi connectivity index (χ0) is 19.0. The van der Waals surface area contributed by atoms with Crippen molar-refractivity contribution in [2.24, 2.45) is 0 Å². The maximum absolute atomic E-state index is 10.0. The zero-order valence-electron chi connectivity index (χ0n) is 16.5. The van der Waals surface area contributed by atoms with Gasteiger partial charge in [-0.2, -0.15) is 0 Å². The Kier molecular flexibility index (Phi) is 14.1. The molecule has 154 valence electrons. The molecule has 1 rings (SSSR count). The van der Waals surface area contributed by atoms with E-state index in [2.05, 4.69) is 19.1 Å². The van der Waals surface area contributed by atoms with Gasteiger partial charge in [0.25, 0.3) is 0 Å². The Hall–Kier alpha value is -0.460. The van der Waals surface area contributed by atoms with Crippen LogP contribution in [0.2, 0.25) is 0 Å². The number of hydrogen-bond donors (Lipinski definition) is 3. The van der Waals surface area contributed by atoms with Crippen molar-refractivity contribution < 1.29 is 24.8 Å². The van der Waals surface area contributed by atoms with Crippen molar-refractivity contribution >= 4 is 0 Å². The third-order valence-corrected chi connectivity index (χ3v) is 4.97. The van der Waals surface area contributed by atoms with Gasteiger partial charge in [-0.1, -0.05) is 57.6 Å². The van der Waals surface area contributed by atoms with E-state index < -0.39 is 31.0 Å².